The summed E-state index contributed by atoms with van der Waals surface area (Å²) < 4.78 is 6.65. The Labute approximate surface area is 71.0 Å². The molecule has 0 aromatic rings. The summed E-state index contributed by atoms with van der Waals surface area (Å²) in [5.41, 5.74) is 0. The molecule has 3 N–H and O–H groups in total. The van der Waals surface area contributed by atoms with E-state index in [1.54, 1.807) is 0 Å². The van der Waals surface area contributed by atoms with Crippen LogP contribution < -0.4 is 0 Å². The Balaban J connectivity index is 4.17. The minimum Gasteiger partial charge on any atom is -0.394 e. The lowest BCUT2D eigenvalue weighted by atomic mass is 10.1. The lowest BCUT2D eigenvalue weighted by Crippen LogP contribution is -2.40. The molecule has 5 nitrogen and oxygen atoms in total. The molecule has 2 atom stereocenters. The predicted molar refractivity (Wildman–Crippen MR) is 39.4 cm³/mol. The second kappa shape index (κ2) is 4.97. The van der Waals surface area contributed by atoms with Crippen LogP contribution in [0.25, 0.3) is 0 Å². The van der Waals surface area contributed by atoms with E-state index in [1.165, 1.54) is 0 Å². The van der Waals surface area contributed by atoms with Crippen LogP contribution >= 0.6 is 0 Å². The predicted octanol–water partition coefficient (Wildman–Crippen LogP) is -1.75. The van der Waals surface area contributed by atoms with Gasteiger partial charge in [-0.15, -0.1) is 0 Å². The van der Waals surface area contributed by atoms with Crippen molar-refractivity contribution in [1.82, 2.24) is 0 Å². The van der Waals surface area contributed by atoms with E-state index in [4.69, 9.17) is 16.7 Å². The monoisotopic (exact) mass is 177 g/mol. The molecule has 5 heteroatoms. The molecular weight excluding hydrogens is 164 g/mol. The van der Waals surface area contributed by atoms with Gasteiger partial charge in [-0.25, -0.2) is 0 Å². The highest BCUT2D eigenvalue weighted by Gasteiger charge is 2.27. The third-order valence-electron chi connectivity index (χ3n) is 1.32. The van der Waals surface area contributed by atoms with E-state index in [-0.39, 0.29) is 13.3 Å². The van der Waals surface area contributed by atoms with Gasteiger partial charge in [0, 0.05) is 7.79 Å². The molecule has 70 valence electrons. The number of aliphatic hydroxyl groups is 3. The Morgan fingerprint density at radius 1 is 1.50 bits per heavy atom. The van der Waals surface area contributed by atoms with E-state index >= 15 is 0 Å². The minimum absolute atomic E-state index is 0.244. The fourth-order valence-electron chi connectivity index (χ4n) is 0.563. The summed E-state index contributed by atoms with van der Waals surface area (Å²) in [6.07, 6.45) is -3.81. The van der Waals surface area contributed by atoms with E-state index in [1.807, 2.05) is 0 Å². The van der Waals surface area contributed by atoms with Crippen LogP contribution in [0.1, 0.15) is 14.7 Å². The molecular formula is C7H12O5. The Kier molecular flexibility index (Phi) is 3.86. The van der Waals surface area contributed by atoms with Gasteiger partial charge in [-0.05, 0) is 0 Å². The number of aliphatic hydroxyl groups excluding tert-OH is 3. The molecule has 0 aliphatic heterocycles. The lowest BCUT2D eigenvalue weighted by Gasteiger charge is -2.12. The van der Waals surface area contributed by atoms with Crippen molar-refractivity contribution in [1.29, 1.82) is 0 Å². The Morgan fingerprint density at radius 3 is 2.50 bits per heavy atom. The number of carbonyl (C=O) groups is 2. The SMILES string of the molecule is [2H]CCC(=O)C(=O)[C@@H](O)[C@H](O)CO. The summed E-state index contributed by atoms with van der Waals surface area (Å²) >= 11 is 0. The molecule has 0 saturated carbocycles. The first kappa shape index (κ1) is 9.31. The largest absolute Gasteiger partial charge is 0.394 e. The van der Waals surface area contributed by atoms with Crippen LogP contribution in [0.4, 0.5) is 0 Å². The second-order valence-corrected chi connectivity index (χ2v) is 2.23. The summed E-state index contributed by atoms with van der Waals surface area (Å²) in [4.78, 5) is 21.7. The van der Waals surface area contributed by atoms with Gasteiger partial charge in [-0.3, -0.25) is 9.59 Å². The molecule has 12 heavy (non-hydrogen) atoms. The maximum Gasteiger partial charge on any atom is 0.229 e. The van der Waals surface area contributed by atoms with E-state index in [0.717, 1.165) is 0 Å². The topological polar surface area (TPSA) is 94.8 Å². The molecule has 0 spiro atoms. The average Bonchev–Trinajstić information content (AvgIpc) is 2.14. The first-order valence-corrected chi connectivity index (χ1v) is 3.37. The third kappa shape index (κ3) is 2.69. The normalized spacial score (nSPS) is 16.4. The van der Waals surface area contributed by atoms with Crippen molar-refractivity contribution in [3.63, 3.8) is 0 Å². The first-order valence-electron chi connectivity index (χ1n) is 4.08. The van der Waals surface area contributed by atoms with Crippen molar-refractivity contribution < 1.29 is 26.3 Å². The molecule has 0 amide bonds. The molecule has 0 fully saturated rings. The zero-order valence-corrected chi connectivity index (χ0v) is 6.43. The van der Waals surface area contributed by atoms with Gasteiger partial charge in [0.2, 0.25) is 11.6 Å². The van der Waals surface area contributed by atoms with Gasteiger partial charge in [0.15, 0.2) is 0 Å². The molecule has 0 aromatic carbocycles. The lowest BCUT2D eigenvalue weighted by molar-refractivity contribution is -0.146. The smallest absolute Gasteiger partial charge is 0.229 e. The Morgan fingerprint density at radius 2 is 2.08 bits per heavy atom. The van der Waals surface area contributed by atoms with Crippen molar-refractivity contribution in [3.05, 3.63) is 0 Å². The van der Waals surface area contributed by atoms with Gasteiger partial charge in [0.1, 0.15) is 12.2 Å². The number of carbonyl (C=O) groups excluding carboxylic acids is 2. The number of hydrogen-bond acceptors (Lipinski definition) is 5. The van der Waals surface area contributed by atoms with Gasteiger partial charge in [-0.2, -0.15) is 0 Å². The fourth-order valence-corrected chi connectivity index (χ4v) is 0.563. The minimum atomic E-state index is -1.89. The van der Waals surface area contributed by atoms with E-state index in [0.29, 0.717) is 0 Å². The molecule has 0 aliphatic rings. The summed E-state index contributed by atoms with van der Waals surface area (Å²) in [7, 11) is 0. The molecule has 0 unspecified atom stereocenters. The maximum absolute atomic E-state index is 10.9. The van der Waals surface area contributed by atoms with Crippen LogP contribution in [0.15, 0.2) is 0 Å². The van der Waals surface area contributed by atoms with Crippen molar-refractivity contribution in [3.8, 4) is 0 Å². The highest BCUT2D eigenvalue weighted by Crippen LogP contribution is 1.97. The van der Waals surface area contributed by atoms with Crippen LogP contribution in [-0.2, 0) is 9.59 Å². The van der Waals surface area contributed by atoms with Crippen molar-refractivity contribution in [2.24, 2.45) is 0 Å². The number of ketones is 2. The van der Waals surface area contributed by atoms with Gasteiger partial charge < -0.3 is 15.3 Å². The van der Waals surface area contributed by atoms with Crippen LogP contribution in [0.5, 0.6) is 0 Å². The standard InChI is InChI=1S/C7H12O5/c1-2-4(9)6(11)7(12)5(10)3-8/h5,7-8,10,12H,2-3H2,1H3/t5-,7+/m1/s1/i1D. The zero-order valence-electron chi connectivity index (χ0n) is 7.43. The van der Waals surface area contributed by atoms with Crippen LogP contribution in [-0.4, -0.2) is 45.7 Å². The highest BCUT2D eigenvalue weighted by molar-refractivity contribution is 6.38. The van der Waals surface area contributed by atoms with E-state index in [9.17, 15) is 9.59 Å². The summed E-state index contributed by atoms with van der Waals surface area (Å²) in [6, 6.07) is 0. The Hall–Kier alpha value is -0.780. The molecule has 0 bridgehead atoms. The summed E-state index contributed by atoms with van der Waals surface area (Å²) in [5.74, 6) is -2.07. The molecule has 0 aromatic heterocycles. The highest BCUT2D eigenvalue weighted by atomic mass is 16.4. The average molecular weight is 177 g/mol. The van der Waals surface area contributed by atoms with E-state index < -0.39 is 30.4 Å². The number of Topliss-reactive ketones (excluding diaryl/α,β-unsaturated/α-hetero) is 2. The van der Waals surface area contributed by atoms with E-state index in [2.05, 4.69) is 0 Å². The quantitative estimate of drug-likeness (QED) is 0.433. The van der Waals surface area contributed by atoms with Gasteiger partial charge >= 0.3 is 0 Å². The first-order chi connectivity index (χ1) is 6.04. The molecule has 0 saturated heterocycles. The van der Waals surface area contributed by atoms with Crippen molar-refractivity contribution >= 4 is 11.6 Å². The van der Waals surface area contributed by atoms with Crippen LogP contribution in [0.2, 0.25) is 0 Å². The third-order valence-corrected chi connectivity index (χ3v) is 1.32. The molecule has 0 rings (SSSR count). The second-order valence-electron chi connectivity index (χ2n) is 2.23. The van der Waals surface area contributed by atoms with Gasteiger partial charge in [0.05, 0.1) is 6.61 Å². The van der Waals surface area contributed by atoms with Crippen LogP contribution in [0.3, 0.4) is 0 Å². The fraction of sp³-hybridized carbons (Fsp3) is 0.714. The van der Waals surface area contributed by atoms with Crippen molar-refractivity contribution in [2.45, 2.75) is 25.5 Å². The zero-order chi connectivity index (χ0) is 10.4. The molecule has 0 radical (unpaired) electrons. The summed E-state index contributed by atoms with van der Waals surface area (Å²) in [6.45, 7) is -1.03. The number of hydrogen-bond donors (Lipinski definition) is 3. The Bertz CT molecular complexity index is 193. The molecule has 0 aliphatic carbocycles. The van der Waals surface area contributed by atoms with Gasteiger partial charge in [0.25, 0.3) is 0 Å². The van der Waals surface area contributed by atoms with Gasteiger partial charge in [-0.1, -0.05) is 6.90 Å². The van der Waals surface area contributed by atoms with Crippen molar-refractivity contribution in [2.75, 3.05) is 6.61 Å². The molecule has 0 heterocycles. The van der Waals surface area contributed by atoms with Crippen LogP contribution in [0, 0.1) is 0 Å². The number of rotatable bonds is 5. The summed E-state index contributed by atoms with van der Waals surface area (Å²) in [5, 5.41) is 26.1. The maximum atomic E-state index is 10.9.